The normalized spacial score (nSPS) is 15.0. The summed E-state index contributed by atoms with van der Waals surface area (Å²) in [6.07, 6.45) is -4.55. The molecule has 3 rings (SSSR count). The fraction of sp³-hybridized carbons (Fsp3) is 0.250. The number of carbonyl (C=O) groups is 2. The van der Waals surface area contributed by atoms with E-state index in [1.165, 1.54) is 17.0 Å². The monoisotopic (exact) mass is 424 g/mol. The number of aryl methyl sites for hydroxylation is 1. The van der Waals surface area contributed by atoms with E-state index in [0.717, 1.165) is 17.7 Å². The van der Waals surface area contributed by atoms with Crippen LogP contribution in [0.15, 0.2) is 47.6 Å². The van der Waals surface area contributed by atoms with Gasteiger partial charge >= 0.3 is 12.1 Å². The van der Waals surface area contributed by atoms with Gasteiger partial charge in [-0.1, -0.05) is 28.9 Å². The van der Waals surface area contributed by atoms with Crippen LogP contribution >= 0.6 is 11.6 Å². The average molecular weight is 425 g/mol. The van der Waals surface area contributed by atoms with Gasteiger partial charge in [0.1, 0.15) is 0 Å². The van der Waals surface area contributed by atoms with E-state index >= 15 is 0 Å². The summed E-state index contributed by atoms with van der Waals surface area (Å²) in [6, 6.07) is 9.91. The van der Waals surface area contributed by atoms with E-state index in [4.69, 9.17) is 16.4 Å². The Hall–Kier alpha value is -2.87. The van der Waals surface area contributed by atoms with Gasteiger partial charge in [0.2, 0.25) is 0 Å². The van der Waals surface area contributed by atoms with E-state index < -0.39 is 23.6 Å². The van der Waals surface area contributed by atoms with Crippen LogP contribution in [0.3, 0.4) is 0 Å². The molecule has 0 fully saturated rings. The molecule has 1 aliphatic rings. The lowest BCUT2D eigenvalue weighted by atomic mass is 10.1. The first-order chi connectivity index (χ1) is 13.7. The largest absolute Gasteiger partial charge is 0.416 e. The number of carbonyl (C=O) groups excluding carboxylic acids is 2. The minimum absolute atomic E-state index is 0.0506. The average Bonchev–Trinajstić information content (AvgIpc) is 2.90. The number of hydrogen-bond acceptors (Lipinski definition) is 4. The number of anilines is 1. The highest BCUT2D eigenvalue weighted by Gasteiger charge is 2.36. The third-order valence-electron chi connectivity index (χ3n) is 4.28. The zero-order valence-electron chi connectivity index (χ0n) is 15.3. The van der Waals surface area contributed by atoms with Crippen molar-refractivity contribution in [3.8, 4) is 0 Å². The minimum atomic E-state index is -4.48. The van der Waals surface area contributed by atoms with Crippen LogP contribution in [0.1, 0.15) is 28.7 Å². The molecule has 0 unspecified atom stereocenters. The molecule has 2 aromatic rings. The zero-order valence-corrected chi connectivity index (χ0v) is 16.0. The highest BCUT2D eigenvalue weighted by molar-refractivity contribution is 6.54. The lowest BCUT2D eigenvalue weighted by Crippen LogP contribution is -2.30. The summed E-state index contributed by atoms with van der Waals surface area (Å²) in [4.78, 5) is 30.5. The summed E-state index contributed by atoms with van der Waals surface area (Å²) in [6.45, 7) is 1.73. The van der Waals surface area contributed by atoms with Crippen LogP contribution in [-0.2, 0) is 27.1 Å². The van der Waals surface area contributed by atoms with Crippen LogP contribution in [0.2, 0.25) is 0 Å². The predicted octanol–water partition coefficient (Wildman–Crippen LogP) is 4.44. The van der Waals surface area contributed by atoms with E-state index in [9.17, 15) is 22.8 Å². The van der Waals surface area contributed by atoms with Crippen LogP contribution in [-0.4, -0.2) is 23.5 Å². The molecule has 0 bridgehead atoms. The van der Waals surface area contributed by atoms with Gasteiger partial charge in [-0.25, -0.2) is 4.79 Å². The highest BCUT2D eigenvalue weighted by atomic mass is 35.5. The van der Waals surface area contributed by atoms with Gasteiger partial charge in [-0.15, -0.1) is 11.6 Å². The lowest BCUT2D eigenvalue weighted by Gasteiger charge is -2.18. The Morgan fingerprint density at radius 1 is 1.21 bits per heavy atom. The molecular formula is C20H16ClF3N2O3. The van der Waals surface area contributed by atoms with Crippen molar-refractivity contribution >= 4 is 34.9 Å². The second-order valence-corrected chi connectivity index (χ2v) is 6.83. The van der Waals surface area contributed by atoms with Gasteiger partial charge in [-0.05, 0) is 36.8 Å². The molecule has 0 N–H and O–H groups in total. The molecular weight excluding hydrogens is 409 g/mol. The number of nitrogens with zero attached hydrogens (tertiary/aromatic N) is 2. The van der Waals surface area contributed by atoms with Crippen LogP contribution in [0.4, 0.5) is 18.9 Å². The first-order valence-corrected chi connectivity index (χ1v) is 9.17. The molecule has 1 amide bonds. The molecule has 0 aliphatic carbocycles. The molecule has 0 radical (unpaired) electrons. The summed E-state index contributed by atoms with van der Waals surface area (Å²) in [7, 11) is 0. The number of alkyl halides is 4. The van der Waals surface area contributed by atoms with Crippen LogP contribution in [0, 0.1) is 6.92 Å². The fourth-order valence-electron chi connectivity index (χ4n) is 2.92. The van der Waals surface area contributed by atoms with Crippen LogP contribution < -0.4 is 4.90 Å². The topological polar surface area (TPSA) is 59.0 Å². The Kier molecular flexibility index (Phi) is 5.93. The van der Waals surface area contributed by atoms with Crippen LogP contribution in [0.25, 0.3) is 0 Å². The quantitative estimate of drug-likeness (QED) is 0.405. The second kappa shape index (κ2) is 8.24. The summed E-state index contributed by atoms with van der Waals surface area (Å²) in [5, 5.41) is 3.69. The molecule has 2 aromatic carbocycles. The van der Waals surface area contributed by atoms with Gasteiger partial charge in [-0.3, -0.25) is 4.79 Å². The van der Waals surface area contributed by atoms with E-state index in [2.05, 4.69) is 5.16 Å². The van der Waals surface area contributed by atoms with Gasteiger partial charge in [0.05, 0.1) is 24.2 Å². The Morgan fingerprint density at radius 2 is 1.97 bits per heavy atom. The van der Waals surface area contributed by atoms with E-state index in [1.807, 2.05) is 6.92 Å². The summed E-state index contributed by atoms with van der Waals surface area (Å²) >= 11 is 5.48. The summed E-state index contributed by atoms with van der Waals surface area (Å²) in [5.74, 6) is -1.21. The maximum absolute atomic E-state index is 13.0. The Balaban J connectivity index is 1.94. The highest BCUT2D eigenvalue weighted by Crippen LogP contribution is 2.33. The van der Waals surface area contributed by atoms with Gasteiger partial charge in [0.25, 0.3) is 5.91 Å². The van der Waals surface area contributed by atoms with Crippen molar-refractivity contribution in [1.29, 1.82) is 0 Å². The summed E-state index contributed by atoms with van der Waals surface area (Å²) < 4.78 is 39.0. The number of hydrogen-bond donors (Lipinski definition) is 0. The van der Waals surface area contributed by atoms with E-state index in [-0.39, 0.29) is 24.6 Å². The predicted molar refractivity (Wildman–Crippen MR) is 102 cm³/mol. The van der Waals surface area contributed by atoms with Gasteiger partial charge in [-0.2, -0.15) is 13.2 Å². The third kappa shape index (κ3) is 4.59. The number of amides is 1. The molecule has 29 heavy (non-hydrogen) atoms. The van der Waals surface area contributed by atoms with Crippen molar-refractivity contribution in [1.82, 2.24) is 0 Å². The van der Waals surface area contributed by atoms with E-state index in [0.29, 0.717) is 16.8 Å². The van der Waals surface area contributed by atoms with Gasteiger partial charge in [0.15, 0.2) is 5.71 Å². The molecule has 0 spiro atoms. The number of oxime groups is 1. The van der Waals surface area contributed by atoms with Crippen molar-refractivity contribution in [2.24, 2.45) is 5.16 Å². The van der Waals surface area contributed by atoms with Crippen molar-refractivity contribution in [2.45, 2.75) is 26.1 Å². The van der Waals surface area contributed by atoms with Crippen LogP contribution in [0.5, 0.6) is 0 Å². The molecule has 0 saturated heterocycles. The van der Waals surface area contributed by atoms with Crippen molar-refractivity contribution in [3.05, 3.63) is 64.7 Å². The molecule has 0 atom stereocenters. The molecule has 5 nitrogen and oxygen atoms in total. The van der Waals surface area contributed by atoms with Crippen molar-refractivity contribution in [2.75, 3.05) is 10.8 Å². The van der Waals surface area contributed by atoms with Crippen molar-refractivity contribution in [3.63, 3.8) is 0 Å². The molecule has 1 heterocycles. The first kappa shape index (κ1) is 20.9. The third-order valence-corrected chi connectivity index (χ3v) is 4.47. The number of fused-ring (bicyclic) bond motifs is 1. The maximum atomic E-state index is 13.0. The van der Waals surface area contributed by atoms with Gasteiger partial charge in [0, 0.05) is 11.4 Å². The van der Waals surface area contributed by atoms with E-state index in [1.54, 1.807) is 18.2 Å². The van der Waals surface area contributed by atoms with Crippen molar-refractivity contribution < 1.29 is 27.6 Å². The molecule has 1 aliphatic heterocycles. The molecule has 152 valence electrons. The Labute approximate surface area is 169 Å². The Bertz CT molecular complexity index is 989. The Morgan fingerprint density at radius 3 is 2.66 bits per heavy atom. The second-order valence-electron chi connectivity index (χ2n) is 6.45. The minimum Gasteiger partial charge on any atom is -0.317 e. The van der Waals surface area contributed by atoms with Gasteiger partial charge < -0.3 is 9.74 Å². The smallest absolute Gasteiger partial charge is 0.317 e. The number of halogens is 4. The fourth-order valence-corrected chi connectivity index (χ4v) is 3.07. The lowest BCUT2D eigenvalue weighted by molar-refractivity contribution is -0.143. The molecule has 0 aromatic heterocycles. The maximum Gasteiger partial charge on any atom is 0.416 e. The zero-order chi connectivity index (χ0) is 21.2. The SMILES string of the molecule is Cc1ccc2c(c1)/C(=N\OC(=O)CCCl)C(=O)N2Cc1cccc(C(F)(F)F)c1. The first-order valence-electron chi connectivity index (χ1n) is 8.63. The standard InChI is InChI=1S/C20H16ClF3N2O3/c1-12-5-6-16-15(9-12)18(25-29-17(27)7-8-21)19(28)26(16)11-13-3-2-4-14(10-13)20(22,23)24/h2-6,9-10H,7-8,11H2,1H3/b25-18+. The number of rotatable bonds is 5. The number of benzene rings is 2. The summed E-state index contributed by atoms with van der Waals surface area (Å²) in [5.41, 5.74) is 1.19. The molecule has 0 saturated carbocycles. The molecule has 9 heteroatoms.